The molecule has 0 aromatic carbocycles. The highest BCUT2D eigenvalue weighted by molar-refractivity contribution is 7.13. The smallest absolute Gasteiger partial charge is 0.368 e. The lowest BCUT2D eigenvalue weighted by Crippen LogP contribution is -2.35. The second kappa shape index (κ2) is 5.41. The number of piperidine rings is 1. The summed E-state index contributed by atoms with van der Waals surface area (Å²) in [6, 6.07) is 0.174. The normalized spacial score (nSPS) is 17.2. The second-order valence-electron chi connectivity index (χ2n) is 5.21. The van der Waals surface area contributed by atoms with Gasteiger partial charge < -0.3 is 10.6 Å². The molecule has 120 valence electrons. The Morgan fingerprint density at radius 3 is 2.45 bits per heavy atom. The molecule has 1 fully saturated rings. The van der Waals surface area contributed by atoms with Crippen molar-refractivity contribution in [2.45, 2.75) is 32.0 Å². The number of alkyl halides is 3. The molecular formula is C12H15F3N6S. The molecule has 0 spiro atoms. The lowest BCUT2D eigenvalue weighted by molar-refractivity contribution is -0.140. The number of aryl methyl sites for hydroxylation is 1. The van der Waals surface area contributed by atoms with Crippen LogP contribution in [0.4, 0.5) is 24.3 Å². The van der Waals surface area contributed by atoms with E-state index in [2.05, 4.69) is 15.2 Å². The molecule has 3 heterocycles. The third-order valence-electron chi connectivity index (χ3n) is 3.78. The van der Waals surface area contributed by atoms with Crippen molar-refractivity contribution in [1.82, 2.24) is 19.7 Å². The van der Waals surface area contributed by atoms with Crippen LogP contribution in [0.1, 0.15) is 30.4 Å². The van der Waals surface area contributed by atoms with Gasteiger partial charge in [0.25, 0.3) is 0 Å². The first kappa shape index (κ1) is 15.1. The lowest BCUT2D eigenvalue weighted by atomic mass is 10.1. The van der Waals surface area contributed by atoms with Crippen molar-refractivity contribution in [2.24, 2.45) is 0 Å². The first-order chi connectivity index (χ1) is 10.4. The molecule has 0 atom stereocenters. The third-order valence-corrected chi connectivity index (χ3v) is 4.68. The predicted molar refractivity (Wildman–Crippen MR) is 76.8 cm³/mol. The number of nitrogens with two attached hydrogens (primary N) is 1. The minimum absolute atomic E-state index is 0.174. The van der Waals surface area contributed by atoms with Crippen LogP contribution in [0.25, 0.3) is 0 Å². The fourth-order valence-corrected chi connectivity index (χ4v) is 3.58. The maximum atomic E-state index is 12.6. The lowest BCUT2D eigenvalue weighted by Gasteiger charge is -2.32. The summed E-state index contributed by atoms with van der Waals surface area (Å²) in [7, 11) is 0. The Bertz CT molecular complexity index is 637. The number of nitrogen functional groups attached to an aromatic ring is 1. The largest absolute Gasteiger partial charge is 0.434 e. The van der Waals surface area contributed by atoms with Gasteiger partial charge in [-0.2, -0.15) is 13.2 Å². The number of aromatic nitrogens is 4. The summed E-state index contributed by atoms with van der Waals surface area (Å²) in [6.07, 6.45) is -2.85. The molecule has 6 nitrogen and oxygen atoms in total. The van der Waals surface area contributed by atoms with E-state index in [0.29, 0.717) is 24.2 Å². The van der Waals surface area contributed by atoms with Crippen molar-refractivity contribution in [3.63, 3.8) is 0 Å². The Labute approximate surface area is 128 Å². The third kappa shape index (κ3) is 2.74. The van der Waals surface area contributed by atoms with Gasteiger partial charge in [-0.1, -0.05) is 0 Å². The Hall–Kier alpha value is -1.84. The fraction of sp³-hybridized carbons (Fsp3) is 0.583. The Morgan fingerprint density at radius 1 is 1.27 bits per heavy atom. The Kier molecular flexibility index (Phi) is 3.71. The van der Waals surface area contributed by atoms with Gasteiger partial charge >= 0.3 is 6.18 Å². The van der Waals surface area contributed by atoms with Gasteiger partial charge in [0.1, 0.15) is 5.82 Å². The standard InChI is InChI=1S/C12H15F3N6S/c1-7-18-19-10(16)21(7)8-2-4-20(5-3-8)11-17-9(6-22-11)12(13,14)15/h6,8H,2-5H2,1H3,(H2,16,19). The Balaban J connectivity index is 1.68. The number of rotatable bonds is 2. The number of halogens is 3. The maximum absolute atomic E-state index is 12.6. The van der Waals surface area contributed by atoms with Gasteiger partial charge in [-0.3, -0.25) is 4.57 Å². The molecule has 22 heavy (non-hydrogen) atoms. The number of anilines is 2. The molecule has 0 amide bonds. The molecule has 0 unspecified atom stereocenters. The highest BCUT2D eigenvalue weighted by Gasteiger charge is 2.35. The highest BCUT2D eigenvalue weighted by atomic mass is 32.1. The first-order valence-corrected chi connectivity index (χ1v) is 7.69. The number of hydrogen-bond donors (Lipinski definition) is 1. The van der Waals surface area contributed by atoms with Crippen LogP contribution in [0.2, 0.25) is 0 Å². The van der Waals surface area contributed by atoms with Crippen LogP contribution in [0.3, 0.4) is 0 Å². The molecular weight excluding hydrogens is 317 g/mol. The second-order valence-corrected chi connectivity index (χ2v) is 6.04. The van der Waals surface area contributed by atoms with E-state index in [1.165, 1.54) is 0 Å². The van der Waals surface area contributed by atoms with E-state index in [1.807, 2.05) is 16.4 Å². The summed E-state index contributed by atoms with van der Waals surface area (Å²) in [5.41, 5.74) is 4.98. The fourth-order valence-electron chi connectivity index (χ4n) is 2.69. The highest BCUT2D eigenvalue weighted by Crippen LogP contribution is 2.35. The molecule has 0 saturated carbocycles. The van der Waals surface area contributed by atoms with E-state index in [4.69, 9.17) is 5.73 Å². The van der Waals surface area contributed by atoms with Crippen molar-refractivity contribution in [3.05, 3.63) is 16.9 Å². The van der Waals surface area contributed by atoms with Crippen LogP contribution >= 0.6 is 11.3 Å². The monoisotopic (exact) mass is 332 g/mol. The van der Waals surface area contributed by atoms with Gasteiger partial charge in [-0.25, -0.2) is 4.98 Å². The molecule has 1 aliphatic rings. The van der Waals surface area contributed by atoms with E-state index < -0.39 is 11.9 Å². The minimum atomic E-state index is -4.39. The van der Waals surface area contributed by atoms with Crippen molar-refractivity contribution in [2.75, 3.05) is 23.7 Å². The Morgan fingerprint density at radius 2 is 1.95 bits per heavy atom. The average molecular weight is 332 g/mol. The van der Waals surface area contributed by atoms with E-state index in [9.17, 15) is 13.2 Å². The van der Waals surface area contributed by atoms with Crippen LogP contribution in [-0.2, 0) is 6.18 Å². The minimum Gasteiger partial charge on any atom is -0.368 e. The zero-order valence-electron chi connectivity index (χ0n) is 11.8. The van der Waals surface area contributed by atoms with Crippen molar-refractivity contribution < 1.29 is 13.2 Å². The van der Waals surface area contributed by atoms with Crippen LogP contribution in [0, 0.1) is 6.92 Å². The zero-order chi connectivity index (χ0) is 15.9. The zero-order valence-corrected chi connectivity index (χ0v) is 12.7. The van der Waals surface area contributed by atoms with Gasteiger partial charge in [0.15, 0.2) is 10.8 Å². The van der Waals surface area contributed by atoms with E-state index >= 15 is 0 Å². The van der Waals surface area contributed by atoms with Gasteiger partial charge in [-0.15, -0.1) is 21.5 Å². The van der Waals surface area contributed by atoms with Crippen molar-refractivity contribution in [1.29, 1.82) is 0 Å². The molecule has 2 aromatic heterocycles. The van der Waals surface area contributed by atoms with Crippen LogP contribution in [-0.4, -0.2) is 32.8 Å². The number of nitrogens with zero attached hydrogens (tertiary/aromatic N) is 5. The summed E-state index contributed by atoms with van der Waals surface area (Å²) in [5, 5.41) is 9.25. The van der Waals surface area contributed by atoms with E-state index in [1.54, 1.807) is 0 Å². The average Bonchev–Trinajstić information content (AvgIpc) is 3.06. The summed E-state index contributed by atoms with van der Waals surface area (Å²) < 4.78 is 39.7. The van der Waals surface area contributed by atoms with Gasteiger partial charge in [0.2, 0.25) is 5.95 Å². The number of thiazole rings is 1. The summed E-state index contributed by atoms with van der Waals surface area (Å²) >= 11 is 1.03. The van der Waals surface area contributed by atoms with Crippen LogP contribution in [0.5, 0.6) is 0 Å². The van der Waals surface area contributed by atoms with Gasteiger partial charge in [-0.05, 0) is 19.8 Å². The topological polar surface area (TPSA) is 72.9 Å². The van der Waals surface area contributed by atoms with Crippen LogP contribution in [0.15, 0.2) is 5.38 Å². The van der Waals surface area contributed by atoms with E-state index in [-0.39, 0.29) is 6.04 Å². The summed E-state index contributed by atoms with van der Waals surface area (Å²) in [5.74, 6) is 1.13. The molecule has 10 heteroatoms. The predicted octanol–water partition coefficient (Wildman–Crippen LogP) is 2.49. The van der Waals surface area contributed by atoms with Gasteiger partial charge in [0, 0.05) is 24.5 Å². The molecule has 3 rings (SSSR count). The van der Waals surface area contributed by atoms with Gasteiger partial charge in [0.05, 0.1) is 0 Å². The molecule has 2 N–H and O–H groups in total. The summed E-state index contributed by atoms with van der Waals surface area (Å²) in [4.78, 5) is 5.57. The SMILES string of the molecule is Cc1nnc(N)n1C1CCN(c2nc(C(F)(F)F)cs2)CC1. The van der Waals surface area contributed by atoms with E-state index in [0.717, 1.165) is 35.4 Å². The maximum Gasteiger partial charge on any atom is 0.434 e. The molecule has 1 aliphatic heterocycles. The number of hydrogen-bond acceptors (Lipinski definition) is 6. The molecule has 2 aromatic rings. The van der Waals surface area contributed by atoms with Crippen molar-refractivity contribution >= 4 is 22.4 Å². The summed E-state index contributed by atoms with van der Waals surface area (Å²) in [6.45, 7) is 3.10. The van der Waals surface area contributed by atoms with Crippen molar-refractivity contribution in [3.8, 4) is 0 Å². The molecule has 0 radical (unpaired) electrons. The molecule has 1 saturated heterocycles. The first-order valence-electron chi connectivity index (χ1n) is 6.81. The molecule has 0 bridgehead atoms. The quantitative estimate of drug-likeness (QED) is 0.915. The molecule has 0 aliphatic carbocycles. The van der Waals surface area contributed by atoms with Crippen LogP contribution < -0.4 is 10.6 Å².